The minimum atomic E-state index is -3.73. The number of benzene rings is 2. The highest BCUT2D eigenvalue weighted by Crippen LogP contribution is 2.20. The van der Waals surface area contributed by atoms with Crippen molar-refractivity contribution in [1.29, 1.82) is 0 Å². The molecule has 0 radical (unpaired) electrons. The third kappa shape index (κ3) is 5.35. The lowest BCUT2D eigenvalue weighted by molar-refractivity contribution is -0.116. The zero-order valence-electron chi connectivity index (χ0n) is 16.8. The highest BCUT2D eigenvalue weighted by atomic mass is 32.2. The number of hydrogen-bond donors (Lipinski definition) is 1. The summed E-state index contributed by atoms with van der Waals surface area (Å²) in [6.07, 6.45) is 0. The molecular formula is C21H27N3O4S. The van der Waals surface area contributed by atoms with E-state index in [1.165, 1.54) is 4.31 Å². The number of amides is 1. The Morgan fingerprint density at radius 3 is 2.45 bits per heavy atom. The second-order valence-electron chi connectivity index (χ2n) is 6.94. The summed E-state index contributed by atoms with van der Waals surface area (Å²) < 4.78 is 32.2. The Morgan fingerprint density at radius 1 is 1.14 bits per heavy atom. The number of nitrogens with one attached hydrogen (secondary N) is 1. The quantitative estimate of drug-likeness (QED) is 0.749. The molecule has 0 aliphatic carbocycles. The Hall–Kier alpha value is -2.42. The van der Waals surface area contributed by atoms with E-state index >= 15 is 0 Å². The third-order valence-electron chi connectivity index (χ3n) is 4.83. The van der Waals surface area contributed by atoms with Crippen LogP contribution in [0.15, 0.2) is 53.4 Å². The summed E-state index contributed by atoms with van der Waals surface area (Å²) in [7, 11) is -3.73. The molecule has 1 saturated heterocycles. The van der Waals surface area contributed by atoms with Crippen LogP contribution in [0.1, 0.15) is 12.5 Å². The highest BCUT2D eigenvalue weighted by Gasteiger charge is 2.25. The van der Waals surface area contributed by atoms with E-state index in [1.54, 1.807) is 25.1 Å². The Balaban J connectivity index is 1.64. The van der Waals surface area contributed by atoms with Crippen molar-refractivity contribution in [2.24, 2.45) is 0 Å². The second kappa shape index (κ2) is 9.39. The van der Waals surface area contributed by atoms with E-state index in [1.807, 2.05) is 37.3 Å². The molecule has 0 spiro atoms. The first-order chi connectivity index (χ1) is 13.9. The zero-order chi connectivity index (χ0) is 20.9. The van der Waals surface area contributed by atoms with Gasteiger partial charge in [0.2, 0.25) is 15.9 Å². The van der Waals surface area contributed by atoms with Crippen LogP contribution in [0.25, 0.3) is 0 Å². The SMILES string of the molecule is CCN(CC(=O)Nc1ccc(N2CCOCC2)cc1)S(=O)(=O)c1cccc(C)c1. The van der Waals surface area contributed by atoms with Crippen LogP contribution in [0, 0.1) is 6.92 Å². The van der Waals surface area contributed by atoms with Crippen LogP contribution in [0.4, 0.5) is 11.4 Å². The van der Waals surface area contributed by atoms with Crippen molar-refractivity contribution in [1.82, 2.24) is 4.31 Å². The molecular weight excluding hydrogens is 390 g/mol. The van der Waals surface area contributed by atoms with Gasteiger partial charge in [-0.05, 0) is 48.9 Å². The molecule has 1 aliphatic rings. The largest absolute Gasteiger partial charge is 0.378 e. The van der Waals surface area contributed by atoms with Crippen LogP contribution in [-0.2, 0) is 19.6 Å². The number of aryl methyl sites for hydroxylation is 1. The van der Waals surface area contributed by atoms with Crippen LogP contribution in [-0.4, -0.2) is 58.0 Å². The predicted molar refractivity (Wildman–Crippen MR) is 114 cm³/mol. The molecule has 2 aromatic carbocycles. The maximum absolute atomic E-state index is 12.9. The van der Waals surface area contributed by atoms with Crippen molar-refractivity contribution in [3.05, 3.63) is 54.1 Å². The molecule has 0 saturated carbocycles. The number of rotatable bonds is 7. The molecule has 0 unspecified atom stereocenters. The Morgan fingerprint density at radius 2 is 1.83 bits per heavy atom. The first kappa shape index (κ1) is 21.3. The second-order valence-corrected chi connectivity index (χ2v) is 8.88. The summed E-state index contributed by atoms with van der Waals surface area (Å²) in [5, 5.41) is 2.78. The van der Waals surface area contributed by atoms with Gasteiger partial charge in [-0.15, -0.1) is 0 Å². The van der Waals surface area contributed by atoms with Gasteiger partial charge >= 0.3 is 0 Å². The number of ether oxygens (including phenoxy) is 1. The van der Waals surface area contributed by atoms with E-state index in [0.29, 0.717) is 18.9 Å². The van der Waals surface area contributed by atoms with E-state index < -0.39 is 10.0 Å². The van der Waals surface area contributed by atoms with E-state index in [9.17, 15) is 13.2 Å². The van der Waals surface area contributed by atoms with Crippen LogP contribution in [0.3, 0.4) is 0 Å². The lowest BCUT2D eigenvalue weighted by Gasteiger charge is -2.29. The molecule has 0 bridgehead atoms. The summed E-state index contributed by atoms with van der Waals surface area (Å²) in [5.41, 5.74) is 2.56. The predicted octanol–water partition coefficient (Wildman–Crippen LogP) is 2.48. The normalized spacial score (nSPS) is 14.8. The molecule has 8 heteroatoms. The molecule has 29 heavy (non-hydrogen) atoms. The Kier molecular flexibility index (Phi) is 6.89. The maximum Gasteiger partial charge on any atom is 0.243 e. The fraction of sp³-hybridized carbons (Fsp3) is 0.381. The number of nitrogens with zero attached hydrogens (tertiary/aromatic N) is 2. The monoisotopic (exact) mass is 417 g/mol. The molecule has 0 aromatic heterocycles. The minimum Gasteiger partial charge on any atom is -0.378 e. The van der Waals surface area contributed by atoms with E-state index in [-0.39, 0.29) is 23.9 Å². The van der Waals surface area contributed by atoms with Crippen molar-refractivity contribution in [2.45, 2.75) is 18.7 Å². The van der Waals surface area contributed by atoms with Crippen molar-refractivity contribution < 1.29 is 17.9 Å². The van der Waals surface area contributed by atoms with E-state index in [2.05, 4.69) is 10.2 Å². The molecule has 2 aromatic rings. The Bertz CT molecular complexity index is 939. The molecule has 7 nitrogen and oxygen atoms in total. The lowest BCUT2D eigenvalue weighted by atomic mass is 10.2. The summed E-state index contributed by atoms with van der Waals surface area (Å²) in [4.78, 5) is 14.9. The molecule has 156 valence electrons. The number of sulfonamides is 1. The number of anilines is 2. The van der Waals surface area contributed by atoms with Gasteiger partial charge in [0.15, 0.2) is 0 Å². The smallest absolute Gasteiger partial charge is 0.243 e. The van der Waals surface area contributed by atoms with Gasteiger partial charge in [-0.25, -0.2) is 8.42 Å². The standard InChI is InChI=1S/C21H27N3O4S/c1-3-24(29(26,27)20-6-4-5-17(2)15-20)16-21(25)22-18-7-9-19(10-8-18)23-11-13-28-14-12-23/h4-10,15H,3,11-14,16H2,1-2H3,(H,22,25). The van der Waals surface area contributed by atoms with Crippen molar-refractivity contribution >= 4 is 27.3 Å². The van der Waals surface area contributed by atoms with Gasteiger partial charge in [0, 0.05) is 31.0 Å². The van der Waals surface area contributed by atoms with Crippen LogP contribution >= 0.6 is 0 Å². The van der Waals surface area contributed by atoms with E-state index in [4.69, 9.17) is 4.74 Å². The van der Waals surface area contributed by atoms with Crippen LogP contribution in [0.2, 0.25) is 0 Å². The van der Waals surface area contributed by atoms with Gasteiger partial charge in [0.25, 0.3) is 0 Å². The van der Waals surface area contributed by atoms with Crippen molar-refractivity contribution in [3.63, 3.8) is 0 Å². The van der Waals surface area contributed by atoms with Crippen molar-refractivity contribution in [2.75, 3.05) is 49.6 Å². The molecule has 1 aliphatic heterocycles. The van der Waals surface area contributed by atoms with Gasteiger partial charge in [0.05, 0.1) is 24.7 Å². The fourth-order valence-electron chi connectivity index (χ4n) is 3.23. The number of carbonyl (C=O) groups excluding carboxylic acids is 1. The molecule has 1 N–H and O–H groups in total. The number of carbonyl (C=O) groups is 1. The van der Waals surface area contributed by atoms with Crippen LogP contribution in [0.5, 0.6) is 0 Å². The third-order valence-corrected chi connectivity index (χ3v) is 6.74. The molecule has 1 heterocycles. The van der Waals surface area contributed by atoms with Gasteiger partial charge < -0.3 is 15.0 Å². The summed E-state index contributed by atoms with van der Waals surface area (Å²) in [6, 6.07) is 14.2. The van der Waals surface area contributed by atoms with Gasteiger partial charge in [0.1, 0.15) is 0 Å². The number of hydrogen-bond acceptors (Lipinski definition) is 5. The average Bonchev–Trinajstić information content (AvgIpc) is 2.73. The zero-order valence-corrected chi connectivity index (χ0v) is 17.6. The molecule has 1 amide bonds. The first-order valence-corrected chi connectivity index (χ1v) is 11.1. The fourth-order valence-corrected chi connectivity index (χ4v) is 4.74. The Labute approximate surface area is 172 Å². The highest BCUT2D eigenvalue weighted by molar-refractivity contribution is 7.89. The first-order valence-electron chi connectivity index (χ1n) is 9.69. The lowest BCUT2D eigenvalue weighted by Crippen LogP contribution is -2.38. The average molecular weight is 418 g/mol. The summed E-state index contributed by atoms with van der Waals surface area (Å²) in [5.74, 6) is -0.373. The van der Waals surface area contributed by atoms with Crippen LogP contribution < -0.4 is 10.2 Å². The van der Waals surface area contributed by atoms with E-state index in [0.717, 1.165) is 24.3 Å². The van der Waals surface area contributed by atoms with Gasteiger partial charge in [-0.2, -0.15) is 4.31 Å². The van der Waals surface area contributed by atoms with Gasteiger partial charge in [-0.1, -0.05) is 19.1 Å². The van der Waals surface area contributed by atoms with Gasteiger partial charge in [-0.3, -0.25) is 4.79 Å². The summed E-state index contributed by atoms with van der Waals surface area (Å²) in [6.45, 7) is 6.63. The maximum atomic E-state index is 12.9. The molecule has 3 rings (SSSR count). The minimum absolute atomic E-state index is 0.196. The molecule has 0 atom stereocenters. The topological polar surface area (TPSA) is 79.0 Å². The summed E-state index contributed by atoms with van der Waals surface area (Å²) >= 11 is 0. The van der Waals surface area contributed by atoms with Crippen molar-refractivity contribution in [3.8, 4) is 0 Å². The molecule has 1 fully saturated rings. The number of morpholine rings is 1. The number of likely N-dealkylation sites (N-methyl/N-ethyl adjacent to an activating group) is 1.